The lowest BCUT2D eigenvalue weighted by molar-refractivity contribution is 0.283. The van der Waals surface area contributed by atoms with Crippen LogP contribution in [-0.2, 0) is 0 Å². The maximum absolute atomic E-state index is 13.3. The van der Waals surface area contributed by atoms with Crippen molar-refractivity contribution in [2.75, 3.05) is 31.1 Å². The Morgan fingerprint density at radius 1 is 1.00 bits per heavy atom. The number of hydrogen-bond donors (Lipinski definition) is 0. The monoisotopic (exact) mass is 327 g/mol. The highest BCUT2D eigenvalue weighted by atomic mass is 19.1. The molecule has 5 heteroatoms. The number of ether oxygens (including phenoxy) is 1. The number of hydrogen-bond acceptors (Lipinski definition) is 4. The van der Waals surface area contributed by atoms with E-state index in [0.29, 0.717) is 11.6 Å². The molecule has 4 nitrogen and oxygen atoms in total. The van der Waals surface area contributed by atoms with E-state index in [0.717, 1.165) is 37.9 Å². The Bertz CT molecular complexity index is 705. The predicted octanol–water partition coefficient (Wildman–Crippen LogP) is 3.69. The van der Waals surface area contributed by atoms with Gasteiger partial charge in [-0.15, -0.1) is 0 Å². The van der Waals surface area contributed by atoms with Crippen molar-refractivity contribution < 1.29 is 9.13 Å². The summed E-state index contributed by atoms with van der Waals surface area (Å²) < 4.78 is 19.0. The Morgan fingerprint density at radius 3 is 2.71 bits per heavy atom. The molecule has 0 atom stereocenters. The molecular weight excluding hydrogens is 305 g/mol. The van der Waals surface area contributed by atoms with E-state index in [1.807, 2.05) is 18.2 Å². The van der Waals surface area contributed by atoms with Gasteiger partial charge in [0.2, 0.25) is 5.88 Å². The van der Waals surface area contributed by atoms with E-state index in [4.69, 9.17) is 4.74 Å². The lowest BCUT2D eigenvalue weighted by Crippen LogP contribution is -2.32. The second-order valence-electron chi connectivity index (χ2n) is 6.50. The zero-order valence-corrected chi connectivity index (χ0v) is 13.7. The third-order valence-electron chi connectivity index (χ3n) is 4.65. The highest BCUT2D eigenvalue weighted by molar-refractivity contribution is 5.42. The second-order valence-corrected chi connectivity index (χ2v) is 6.50. The maximum atomic E-state index is 13.3. The Labute approximate surface area is 141 Å². The molecule has 0 radical (unpaired) electrons. The summed E-state index contributed by atoms with van der Waals surface area (Å²) in [7, 11) is 0. The first kappa shape index (κ1) is 15.4. The van der Waals surface area contributed by atoms with Gasteiger partial charge in [-0.1, -0.05) is 12.1 Å². The largest absolute Gasteiger partial charge is 0.439 e. The van der Waals surface area contributed by atoms with E-state index in [2.05, 4.69) is 14.8 Å². The minimum atomic E-state index is -0.309. The summed E-state index contributed by atoms with van der Waals surface area (Å²) >= 11 is 0. The van der Waals surface area contributed by atoms with Gasteiger partial charge in [-0.05, 0) is 37.5 Å². The van der Waals surface area contributed by atoms with Gasteiger partial charge < -0.3 is 9.64 Å². The normalized spacial score (nSPS) is 19.1. The average molecular weight is 327 g/mol. The van der Waals surface area contributed by atoms with Crippen LogP contribution in [0, 0.1) is 5.82 Å². The Morgan fingerprint density at radius 2 is 1.88 bits per heavy atom. The van der Waals surface area contributed by atoms with Gasteiger partial charge in [0.05, 0.1) is 0 Å². The van der Waals surface area contributed by atoms with Crippen LogP contribution in [0.3, 0.4) is 0 Å². The molecule has 1 saturated heterocycles. The predicted molar refractivity (Wildman–Crippen MR) is 92.1 cm³/mol. The average Bonchev–Trinajstić information content (AvgIpc) is 3.41. The van der Waals surface area contributed by atoms with E-state index in [-0.39, 0.29) is 5.82 Å². The van der Waals surface area contributed by atoms with Crippen molar-refractivity contribution >= 4 is 5.82 Å². The first-order chi connectivity index (χ1) is 11.8. The van der Waals surface area contributed by atoms with Gasteiger partial charge in [0.25, 0.3) is 0 Å². The zero-order valence-electron chi connectivity index (χ0n) is 13.7. The Hall–Kier alpha value is -2.14. The molecule has 2 fully saturated rings. The van der Waals surface area contributed by atoms with Crippen LogP contribution in [0.1, 0.15) is 19.3 Å². The standard InChI is InChI=1S/C19H22FN3O/c20-15-4-1-5-17(14-15)24-19-7-2-6-18(21-19)23-11-3-10-22(12-13-23)16-8-9-16/h1-2,4-7,14,16H,3,8-13H2. The van der Waals surface area contributed by atoms with Crippen LogP contribution < -0.4 is 9.64 Å². The molecule has 2 aromatic rings. The van der Waals surface area contributed by atoms with Crippen LogP contribution in [-0.4, -0.2) is 42.1 Å². The van der Waals surface area contributed by atoms with Gasteiger partial charge in [-0.3, -0.25) is 4.90 Å². The summed E-state index contributed by atoms with van der Waals surface area (Å²) in [6, 6.07) is 12.7. The minimum absolute atomic E-state index is 0.309. The van der Waals surface area contributed by atoms with Crippen LogP contribution in [0.4, 0.5) is 10.2 Å². The van der Waals surface area contributed by atoms with Crippen molar-refractivity contribution in [3.05, 3.63) is 48.3 Å². The topological polar surface area (TPSA) is 28.6 Å². The summed E-state index contributed by atoms with van der Waals surface area (Å²) in [6.45, 7) is 4.29. The van der Waals surface area contributed by atoms with Crippen molar-refractivity contribution in [1.29, 1.82) is 0 Å². The molecule has 0 bridgehead atoms. The van der Waals surface area contributed by atoms with Gasteiger partial charge in [-0.25, -0.2) is 4.39 Å². The summed E-state index contributed by atoms with van der Waals surface area (Å²) in [4.78, 5) is 9.54. The van der Waals surface area contributed by atoms with E-state index < -0.39 is 0 Å². The Balaban J connectivity index is 1.45. The molecule has 1 aliphatic heterocycles. The number of halogens is 1. The van der Waals surface area contributed by atoms with Gasteiger partial charge in [0.1, 0.15) is 17.4 Å². The molecule has 0 N–H and O–H groups in total. The third kappa shape index (κ3) is 3.67. The van der Waals surface area contributed by atoms with E-state index in [1.54, 1.807) is 12.1 Å². The van der Waals surface area contributed by atoms with Crippen molar-refractivity contribution in [3.63, 3.8) is 0 Å². The van der Waals surface area contributed by atoms with Gasteiger partial charge in [-0.2, -0.15) is 4.98 Å². The first-order valence-electron chi connectivity index (χ1n) is 8.67. The van der Waals surface area contributed by atoms with Gasteiger partial charge in [0, 0.05) is 44.4 Å². The van der Waals surface area contributed by atoms with Gasteiger partial charge in [0.15, 0.2) is 0 Å². The number of rotatable bonds is 4. The van der Waals surface area contributed by atoms with E-state index in [1.165, 1.54) is 31.5 Å². The van der Waals surface area contributed by atoms with Gasteiger partial charge >= 0.3 is 0 Å². The van der Waals surface area contributed by atoms with Crippen LogP contribution in [0.2, 0.25) is 0 Å². The fourth-order valence-electron chi connectivity index (χ4n) is 3.26. The molecular formula is C19H22FN3O. The number of aromatic nitrogens is 1. The van der Waals surface area contributed by atoms with Crippen molar-refractivity contribution in [3.8, 4) is 11.6 Å². The van der Waals surface area contributed by atoms with Crippen LogP contribution in [0.25, 0.3) is 0 Å². The van der Waals surface area contributed by atoms with Crippen LogP contribution >= 0.6 is 0 Å². The van der Waals surface area contributed by atoms with Crippen molar-refractivity contribution in [2.24, 2.45) is 0 Å². The van der Waals surface area contributed by atoms with Crippen LogP contribution in [0.15, 0.2) is 42.5 Å². The molecule has 0 spiro atoms. The quantitative estimate of drug-likeness (QED) is 0.856. The lowest BCUT2D eigenvalue weighted by Gasteiger charge is -2.23. The number of anilines is 1. The van der Waals surface area contributed by atoms with Crippen LogP contribution in [0.5, 0.6) is 11.6 Å². The molecule has 0 unspecified atom stereocenters. The van der Waals surface area contributed by atoms with Crippen molar-refractivity contribution in [1.82, 2.24) is 9.88 Å². The molecule has 4 rings (SSSR count). The molecule has 2 heterocycles. The zero-order chi connectivity index (χ0) is 16.4. The SMILES string of the molecule is Fc1cccc(Oc2cccc(N3CCCN(C4CC4)CC3)n2)c1. The molecule has 1 saturated carbocycles. The van der Waals surface area contributed by atoms with Crippen molar-refractivity contribution in [2.45, 2.75) is 25.3 Å². The van der Waals surface area contributed by atoms with E-state index in [9.17, 15) is 4.39 Å². The third-order valence-corrected chi connectivity index (χ3v) is 4.65. The summed E-state index contributed by atoms with van der Waals surface area (Å²) in [5.41, 5.74) is 0. The molecule has 126 valence electrons. The summed E-state index contributed by atoms with van der Waals surface area (Å²) in [5, 5.41) is 0. The summed E-state index contributed by atoms with van der Waals surface area (Å²) in [5.74, 6) is 1.59. The smallest absolute Gasteiger partial charge is 0.221 e. The Kier molecular flexibility index (Phi) is 4.34. The van der Waals surface area contributed by atoms with E-state index >= 15 is 0 Å². The fourth-order valence-corrected chi connectivity index (χ4v) is 3.26. The first-order valence-corrected chi connectivity index (χ1v) is 8.67. The number of pyridine rings is 1. The minimum Gasteiger partial charge on any atom is -0.439 e. The number of benzene rings is 1. The lowest BCUT2D eigenvalue weighted by atomic mass is 10.3. The molecule has 1 aliphatic carbocycles. The molecule has 2 aliphatic rings. The second kappa shape index (κ2) is 6.77. The molecule has 0 amide bonds. The highest BCUT2D eigenvalue weighted by Gasteiger charge is 2.30. The maximum Gasteiger partial charge on any atom is 0.221 e. The fraction of sp³-hybridized carbons (Fsp3) is 0.421. The molecule has 24 heavy (non-hydrogen) atoms. The molecule has 1 aromatic heterocycles. The number of nitrogens with zero attached hydrogens (tertiary/aromatic N) is 3. The summed E-state index contributed by atoms with van der Waals surface area (Å²) in [6.07, 6.45) is 3.87. The highest BCUT2D eigenvalue weighted by Crippen LogP contribution is 2.28. The molecule has 1 aromatic carbocycles.